The zero-order valence-corrected chi connectivity index (χ0v) is 15.6. The molecule has 1 heterocycles. The molecule has 0 amide bonds. The Balaban J connectivity index is 2.51. The van der Waals surface area contributed by atoms with Crippen LogP contribution >= 0.6 is 0 Å². The van der Waals surface area contributed by atoms with Crippen LogP contribution in [0, 0.1) is 6.92 Å². The maximum absolute atomic E-state index is 12.5. The number of phenols is 2. The number of ketones is 3. The quantitative estimate of drug-likeness (QED) is 0.539. The summed E-state index contributed by atoms with van der Waals surface area (Å²) in [5.74, 6) is -5.33. The van der Waals surface area contributed by atoms with E-state index < -0.39 is 57.8 Å². The van der Waals surface area contributed by atoms with Crippen molar-refractivity contribution in [2.45, 2.75) is 45.3 Å². The second-order valence-electron chi connectivity index (χ2n) is 7.02. The van der Waals surface area contributed by atoms with Crippen molar-refractivity contribution in [3.8, 4) is 17.2 Å². The Bertz CT molecular complexity index is 957. The Labute approximate surface area is 155 Å². The summed E-state index contributed by atoms with van der Waals surface area (Å²) in [5, 5.41) is 32.1. The number of carbonyl (C=O) groups excluding carboxylic acids is 3. The SMILES string of the molecule is CO[C@@]12CC(=O)C(C(C)=O)=C(O)[C@]1(C)c1c(O)c(C(C)=O)c(O)c(C)c1O2. The van der Waals surface area contributed by atoms with Crippen LogP contribution < -0.4 is 4.74 Å². The predicted octanol–water partition coefficient (Wildman–Crippen LogP) is 1.98. The van der Waals surface area contributed by atoms with Crippen LogP contribution in [0.2, 0.25) is 0 Å². The zero-order valence-electron chi connectivity index (χ0n) is 15.6. The molecule has 0 aromatic heterocycles. The molecule has 0 saturated carbocycles. The van der Waals surface area contributed by atoms with Crippen molar-refractivity contribution in [1.82, 2.24) is 0 Å². The summed E-state index contributed by atoms with van der Waals surface area (Å²) in [7, 11) is 1.27. The Morgan fingerprint density at radius 1 is 1.11 bits per heavy atom. The third kappa shape index (κ3) is 2.04. The smallest absolute Gasteiger partial charge is 0.234 e. The maximum atomic E-state index is 12.5. The maximum Gasteiger partial charge on any atom is 0.234 e. The Morgan fingerprint density at radius 3 is 2.19 bits per heavy atom. The number of benzene rings is 1. The summed E-state index contributed by atoms with van der Waals surface area (Å²) in [4.78, 5) is 36.4. The topological polar surface area (TPSA) is 130 Å². The van der Waals surface area contributed by atoms with Crippen molar-refractivity contribution >= 4 is 17.3 Å². The van der Waals surface area contributed by atoms with E-state index in [9.17, 15) is 29.7 Å². The molecule has 144 valence electrons. The van der Waals surface area contributed by atoms with Gasteiger partial charge in [-0.1, -0.05) is 0 Å². The summed E-state index contributed by atoms with van der Waals surface area (Å²) < 4.78 is 11.3. The molecule has 1 aliphatic carbocycles. The van der Waals surface area contributed by atoms with Gasteiger partial charge in [-0.15, -0.1) is 0 Å². The van der Waals surface area contributed by atoms with Crippen LogP contribution in [-0.2, 0) is 19.7 Å². The number of rotatable bonds is 3. The fourth-order valence-electron chi connectivity index (χ4n) is 4.08. The summed E-state index contributed by atoms with van der Waals surface area (Å²) in [6.07, 6.45) is -0.400. The van der Waals surface area contributed by atoms with Crippen molar-refractivity contribution in [3.63, 3.8) is 0 Å². The van der Waals surface area contributed by atoms with Gasteiger partial charge in [0.1, 0.15) is 34.0 Å². The van der Waals surface area contributed by atoms with Crippen LogP contribution in [0.1, 0.15) is 48.7 Å². The molecule has 1 aromatic carbocycles. The summed E-state index contributed by atoms with van der Waals surface area (Å²) >= 11 is 0. The fraction of sp³-hybridized carbons (Fsp3) is 0.421. The van der Waals surface area contributed by atoms with Crippen LogP contribution in [0.25, 0.3) is 0 Å². The molecule has 0 spiro atoms. The van der Waals surface area contributed by atoms with Crippen LogP contribution in [0.3, 0.4) is 0 Å². The van der Waals surface area contributed by atoms with E-state index in [0.717, 1.165) is 6.92 Å². The molecule has 1 aliphatic heterocycles. The lowest BCUT2D eigenvalue weighted by atomic mass is 9.66. The van der Waals surface area contributed by atoms with E-state index in [0.29, 0.717) is 0 Å². The molecule has 1 aromatic rings. The monoisotopic (exact) mass is 376 g/mol. The highest BCUT2D eigenvalue weighted by atomic mass is 16.7. The first-order valence-corrected chi connectivity index (χ1v) is 8.26. The molecule has 2 aliphatic rings. The van der Waals surface area contributed by atoms with Gasteiger partial charge in [0.25, 0.3) is 0 Å². The van der Waals surface area contributed by atoms with Gasteiger partial charge in [0.05, 0.1) is 17.6 Å². The summed E-state index contributed by atoms with van der Waals surface area (Å²) in [6, 6.07) is 0. The molecule has 0 fully saturated rings. The standard InChI is InChI=1S/C19H20O8/c1-7-14(23)12(9(3)21)15(24)13-16(7)27-19(26-5)6-10(22)11(8(2)20)17(25)18(13,19)4/h23-25H,6H2,1-5H3/t18-,19+/m0/s1. The molecule has 0 unspecified atom stereocenters. The van der Waals surface area contributed by atoms with Crippen LogP contribution in [0.4, 0.5) is 0 Å². The number of aliphatic hydroxyl groups is 1. The number of hydrogen-bond donors (Lipinski definition) is 3. The Morgan fingerprint density at radius 2 is 1.70 bits per heavy atom. The third-order valence-corrected chi connectivity index (χ3v) is 5.58. The van der Waals surface area contributed by atoms with Gasteiger partial charge < -0.3 is 24.8 Å². The predicted molar refractivity (Wildman–Crippen MR) is 92.2 cm³/mol. The lowest BCUT2D eigenvalue weighted by molar-refractivity contribution is -0.199. The summed E-state index contributed by atoms with van der Waals surface area (Å²) in [5.41, 5.74) is -2.27. The minimum absolute atomic E-state index is 0.0106. The van der Waals surface area contributed by atoms with Gasteiger partial charge in [-0.25, -0.2) is 0 Å². The van der Waals surface area contributed by atoms with Gasteiger partial charge in [-0.05, 0) is 27.7 Å². The largest absolute Gasteiger partial charge is 0.510 e. The average Bonchev–Trinajstić information content (AvgIpc) is 2.83. The van der Waals surface area contributed by atoms with Gasteiger partial charge in [0, 0.05) is 12.7 Å². The average molecular weight is 376 g/mol. The fourth-order valence-corrected chi connectivity index (χ4v) is 4.08. The molecule has 27 heavy (non-hydrogen) atoms. The minimum atomic E-state index is -1.75. The van der Waals surface area contributed by atoms with E-state index in [1.54, 1.807) is 0 Å². The number of ether oxygens (including phenoxy) is 2. The highest BCUT2D eigenvalue weighted by Crippen LogP contribution is 2.62. The lowest BCUT2D eigenvalue weighted by Gasteiger charge is -2.43. The van der Waals surface area contributed by atoms with E-state index in [1.165, 1.54) is 27.9 Å². The van der Waals surface area contributed by atoms with Crippen molar-refractivity contribution in [3.05, 3.63) is 28.0 Å². The minimum Gasteiger partial charge on any atom is -0.510 e. The van der Waals surface area contributed by atoms with E-state index in [-0.39, 0.29) is 22.4 Å². The number of aromatic hydroxyl groups is 2. The first-order chi connectivity index (χ1) is 12.4. The van der Waals surface area contributed by atoms with Gasteiger partial charge in [-0.2, -0.15) is 0 Å². The van der Waals surface area contributed by atoms with E-state index in [4.69, 9.17) is 9.47 Å². The van der Waals surface area contributed by atoms with Crippen LogP contribution in [-0.4, -0.2) is 45.6 Å². The molecule has 8 heteroatoms. The summed E-state index contributed by atoms with van der Waals surface area (Å²) in [6.45, 7) is 5.24. The molecule has 3 rings (SSSR count). The number of aliphatic hydroxyl groups excluding tert-OH is 1. The van der Waals surface area contributed by atoms with Crippen LogP contribution in [0.15, 0.2) is 11.3 Å². The number of methoxy groups -OCH3 is 1. The molecule has 0 bridgehead atoms. The second kappa shape index (κ2) is 5.56. The Hall–Kier alpha value is -2.87. The van der Waals surface area contributed by atoms with E-state index in [1.807, 2.05) is 0 Å². The van der Waals surface area contributed by atoms with E-state index in [2.05, 4.69) is 0 Å². The molecular formula is C19H20O8. The van der Waals surface area contributed by atoms with Crippen molar-refractivity contribution in [2.75, 3.05) is 7.11 Å². The highest BCUT2D eigenvalue weighted by Gasteiger charge is 2.67. The van der Waals surface area contributed by atoms with Crippen molar-refractivity contribution in [1.29, 1.82) is 0 Å². The highest BCUT2D eigenvalue weighted by molar-refractivity contribution is 6.21. The van der Waals surface area contributed by atoms with Gasteiger partial charge >= 0.3 is 0 Å². The third-order valence-electron chi connectivity index (χ3n) is 5.58. The van der Waals surface area contributed by atoms with E-state index >= 15 is 0 Å². The van der Waals surface area contributed by atoms with Crippen molar-refractivity contribution < 1.29 is 39.2 Å². The zero-order chi connectivity index (χ0) is 20.5. The van der Waals surface area contributed by atoms with Crippen LogP contribution in [0.5, 0.6) is 17.2 Å². The second-order valence-corrected chi connectivity index (χ2v) is 7.02. The lowest BCUT2D eigenvalue weighted by Crippen LogP contribution is -2.57. The number of Topliss-reactive ketones (excluding diaryl/α,β-unsaturated/α-hetero) is 3. The number of fused-ring (bicyclic) bond motifs is 3. The molecule has 3 N–H and O–H groups in total. The number of phenolic OH excluding ortho intramolecular Hbond substituents is 2. The molecular weight excluding hydrogens is 356 g/mol. The first-order valence-electron chi connectivity index (χ1n) is 8.26. The number of allylic oxidation sites excluding steroid dienone is 1. The van der Waals surface area contributed by atoms with Crippen molar-refractivity contribution in [2.24, 2.45) is 0 Å². The normalized spacial score (nSPS) is 26.5. The molecule has 0 saturated heterocycles. The van der Waals surface area contributed by atoms with Gasteiger partial charge in [-0.3, -0.25) is 14.4 Å². The molecule has 8 nitrogen and oxygen atoms in total. The van der Waals surface area contributed by atoms with Gasteiger partial charge in [0.15, 0.2) is 17.3 Å². The van der Waals surface area contributed by atoms with Gasteiger partial charge in [0.2, 0.25) is 5.79 Å². The number of hydrogen-bond acceptors (Lipinski definition) is 8. The number of carbonyl (C=O) groups is 3. The Kier molecular flexibility index (Phi) is 3.89. The first kappa shape index (κ1) is 18.9. The molecule has 0 radical (unpaired) electrons. The molecule has 2 atom stereocenters.